The molecule has 20 heavy (non-hydrogen) atoms. The zero-order valence-corrected chi connectivity index (χ0v) is 11.7. The third kappa shape index (κ3) is 4.73. The molecule has 0 aliphatic carbocycles. The molecule has 0 saturated carbocycles. The lowest BCUT2D eigenvalue weighted by Gasteiger charge is -2.30. The predicted octanol–water partition coefficient (Wildman–Crippen LogP) is 0.158. The molecule has 0 aromatic heterocycles. The van der Waals surface area contributed by atoms with Crippen LogP contribution < -0.4 is 5.32 Å². The van der Waals surface area contributed by atoms with Crippen LogP contribution >= 0.6 is 0 Å². The summed E-state index contributed by atoms with van der Waals surface area (Å²) in [6.45, 7) is 3.57. The number of piperazine rings is 1. The molecule has 1 aromatic carbocycles. The van der Waals surface area contributed by atoms with Gasteiger partial charge in [-0.25, -0.2) is 4.18 Å². The molecule has 2 rings (SSSR count). The number of rotatable bonds is 5. The maximum atomic E-state index is 11.0. The van der Waals surface area contributed by atoms with Gasteiger partial charge in [0, 0.05) is 32.7 Å². The number of hydrogen-bond acceptors (Lipinski definition) is 6. The molecule has 1 aliphatic rings. The first-order valence-electron chi connectivity index (χ1n) is 6.32. The minimum atomic E-state index is -4.54. The third-order valence-electron chi connectivity index (χ3n) is 3.14. The molecule has 0 radical (unpaired) electrons. The first-order chi connectivity index (χ1) is 9.44. The standard InChI is InChI=1S/C12H18N2O5S/c15-11-3-1-10(2-4-11)12(19-20(16,17)18)9-14-7-5-13-6-8-14/h1-4,12-13,15H,5-9H2,(H,16,17,18). The Hall–Kier alpha value is -1.19. The normalized spacial score (nSPS) is 18.9. The van der Waals surface area contributed by atoms with Crippen molar-refractivity contribution in [2.24, 2.45) is 0 Å². The molecule has 1 heterocycles. The molecule has 0 amide bonds. The van der Waals surface area contributed by atoms with Crippen molar-refractivity contribution in [2.45, 2.75) is 6.10 Å². The van der Waals surface area contributed by atoms with Crippen molar-refractivity contribution in [3.63, 3.8) is 0 Å². The van der Waals surface area contributed by atoms with Gasteiger partial charge in [0.05, 0.1) is 0 Å². The maximum absolute atomic E-state index is 11.0. The van der Waals surface area contributed by atoms with Crippen molar-refractivity contribution in [3.05, 3.63) is 29.8 Å². The highest BCUT2D eigenvalue weighted by molar-refractivity contribution is 7.80. The summed E-state index contributed by atoms with van der Waals surface area (Å²) >= 11 is 0. The third-order valence-corrected chi connectivity index (χ3v) is 3.61. The summed E-state index contributed by atoms with van der Waals surface area (Å²) in [5.41, 5.74) is 0.582. The monoisotopic (exact) mass is 302 g/mol. The number of benzene rings is 1. The topological polar surface area (TPSA) is 99.1 Å². The van der Waals surface area contributed by atoms with Crippen LogP contribution in [0.15, 0.2) is 24.3 Å². The van der Waals surface area contributed by atoms with Gasteiger partial charge in [-0.05, 0) is 17.7 Å². The summed E-state index contributed by atoms with van der Waals surface area (Å²) < 4.78 is 35.6. The quantitative estimate of drug-likeness (QED) is 0.666. The zero-order valence-electron chi connectivity index (χ0n) is 10.9. The summed E-state index contributed by atoms with van der Waals surface area (Å²) in [6.07, 6.45) is -0.802. The highest BCUT2D eigenvalue weighted by Gasteiger charge is 2.23. The molecule has 1 atom stereocenters. The molecule has 8 heteroatoms. The lowest BCUT2D eigenvalue weighted by Crippen LogP contribution is -2.45. The van der Waals surface area contributed by atoms with Gasteiger partial charge < -0.3 is 10.4 Å². The van der Waals surface area contributed by atoms with Gasteiger partial charge in [-0.15, -0.1) is 0 Å². The van der Waals surface area contributed by atoms with Crippen molar-refractivity contribution >= 4 is 10.4 Å². The number of nitrogens with zero attached hydrogens (tertiary/aromatic N) is 1. The maximum Gasteiger partial charge on any atom is 0.397 e. The van der Waals surface area contributed by atoms with Gasteiger partial charge in [0.25, 0.3) is 0 Å². The first-order valence-corrected chi connectivity index (χ1v) is 7.68. The van der Waals surface area contributed by atoms with E-state index >= 15 is 0 Å². The molecule has 1 fully saturated rings. The Morgan fingerprint density at radius 3 is 2.40 bits per heavy atom. The molecule has 0 spiro atoms. The van der Waals surface area contributed by atoms with E-state index in [1.807, 2.05) is 0 Å². The van der Waals surface area contributed by atoms with E-state index in [0.29, 0.717) is 12.1 Å². The highest BCUT2D eigenvalue weighted by atomic mass is 32.3. The lowest BCUT2D eigenvalue weighted by atomic mass is 10.1. The van der Waals surface area contributed by atoms with Crippen LogP contribution in [-0.2, 0) is 14.6 Å². The Morgan fingerprint density at radius 1 is 1.25 bits per heavy atom. The van der Waals surface area contributed by atoms with Gasteiger partial charge in [0.2, 0.25) is 0 Å². The Morgan fingerprint density at radius 2 is 1.85 bits per heavy atom. The Bertz CT molecular complexity index is 525. The number of nitrogens with one attached hydrogen (secondary N) is 1. The summed E-state index contributed by atoms with van der Waals surface area (Å²) in [7, 11) is -4.54. The lowest BCUT2D eigenvalue weighted by molar-refractivity contribution is 0.116. The van der Waals surface area contributed by atoms with E-state index in [4.69, 9.17) is 8.74 Å². The Labute approximate surface area is 118 Å². The number of aromatic hydroxyl groups is 1. The van der Waals surface area contributed by atoms with Crippen LogP contribution in [0.3, 0.4) is 0 Å². The van der Waals surface area contributed by atoms with E-state index in [2.05, 4.69) is 10.2 Å². The second kappa shape index (κ2) is 6.51. The first kappa shape index (κ1) is 15.2. The van der Waals surface area contributed by atoms with Crippen molar-refractivity contribution in [3.8, 4) is 5.75 Å². The van der Waals surface area contributed by atoms with Crippen LogP contribution in [0.4, 0.5) is 0 Å². The smallest absolute Gasteiger partial charge is 0.397 e. The van der Waals surface area contributed by atoms with Crippen molar-refractivity contribution < 1.29 is 22.3 Å². The van der Waals surface area contributed by atoms with Crippen molar-refractivity contribution in [1.29, 1.82) is 0 Å². The molecule has 1 aliphatic heterocycles. The summed E-state index contributed by atoms with van der Waals surface area (Å²) in [4.78, 5) is 2.05. The zero-order chi connectivity index (χ0) is 14.6. The van der Waals surface area contributed by atoms with E-state index in [0.717, 1.165) is 26.2 Å². The average molecular weight is 302 g/mol. The number of phenolic OH excluding ortho intramolecular Hbond substituents is 1. The van der Waals surface area contributed by atoms with Gasteiger partial charge in [0.15, 0.2) is 0 Å². The van der Waals surface area contributed by atoms with Crippen LogP contribution in [-0.4, -0.2) is 55.7 Å². The molecular formula is C12H18N2O5S. The van der Waals surface area contributed by atoms with Crippen LogP contribution in [0.25, 0.3) is 0 Å². The molecule has 112 valence electrons. The van der Waals surface area contributed by atoms with Gasteiger partial charge in [-0.2, -0.15) is 8.42 Å². The molecule has 0 bridgehead atoms. The Balaban J connectivity index is 2.13. The number of hydrogen-bond donors (Lipinski definition) is 3. The second-order valence-electron chi connectivity index (χ2n) is 4.65. The van der Waals surface area contributed by atoms with Gasteiger partial charge in [-0.1, -0.05) is 12.1 Å². The summed E-state index contributed by atoms with van der Waals surface area (Å²) in [5, 5.41) is 12.5. The van der Waals surface area contributed by atoms with Crippen molar-refractivity contribution in [2.75, 3.05) is 32.7 Å². The fourth-order valence-corrected chi connectivity index (χ4v) is 2.62. The van der Waals surface area contributed by atoms with Gasteiger partial charge in [-0.3, -0.25) is 9.45 Å². The minimum Gasteiger partial charge on any atom is -0.508 e. The predicted molar refractivity (Wildman–Crippen MR) is 72.8 cm³/mol. The van der Waals surface area contributed by atoms with Gasteiger partial charge >= 0.3 is 10.4 Å². The van der Waals surface area contributed by atoms with E-state index in [1.165, 1.54) is 12.1 Å². The van der Waals surface area contributed by atoms with Gasteiger partial charge in [0.1, 0.15) is 11.9 Å². The van der Waals surface area contributed by atoms with E-state index in [9.17, 15) is 13.5 Å². The molecular weight excluding hydrogens is 284 g/mol. The summed E-state index contributed by atoms with van der Waals surface area (Å²) in [5.74, 6) is 0.0847. The van der Waals surface area contributed by atoms with Crippen LogP contribution in [0.5, 0.6) is 5.75 Å². The fraction of sp³-hybridized carbons (Fsp3) is 0.500. The summed E-state index contributed by atoms with van der Waals surface area (Å²) in [6, 6.07) is 6.06. The molecule has 1 aromatic rings. The van der Waals surface area contributed by atoms with E-state index < -0.39 is 16.5 Å². The Kier molecular flexibility index (Phi) is 4.95. The number of phenols is 1. The van der Waals surface area contributed by atoms with E-state index in [-0.39, 0.29) is 5.75 Å². The molecule has 7 nitrogen and oxygen atoms in total. The van der Waals surface area contributed by atoms with E-state index in [1.54, 1.807) is 12.1 Å². The molecule has 1 unspecified atom stereocenters. The van der Waals surface area contributed by atoms with Crippen LogP contribution in [0.2, 0.25) is 0 Å². The second-order valence-corrected chi connectivity index (χ2v) is 5.70. The van der Waals surface area contributed by atoms with Crippen LogP contribution in [0, 0.1) is 0 Å². The fourth-order valence-electron chi connectivity index (χ4n) is 2.16. The van der Waals surface area contributed by atoms with Crippen LogP contribution in [0.1, 0.15) is 11.7 Å². The highest BCUT2D eigenvalue weighted by Crippen LogP contribution is 2.23. The largest absolute Gasteiger partial charge is 0.508 e. The average Bonchev–Trinajstić information content (AvgIpc) is 2.38. The molecule has 3 N–H and O–H groups in total. The SMILES string of the molecule is O=S(=O)(O)OC(CN1CCNCC1)c1ccc(O)cc1. The minimum absolute atomic E-state index is 0.0847. The molecule has 1 saturated heterocycles. The van der Waals surface area contributed by atoms with Crippen molar-refractivity contribution in [1.82, 2.24) is 10.2 Å².